The quantitative estimate of drug-likeness (QED) is 0.765. The molecule has 0 saturated carbocycles. The van der Waals surface area contributed by atoms with Crippen molar-refractivity contribution in [1.29, 1.82) is 0 Å². The summed E-state index contributed by atoms with van der Waals surface area (Å²) >= 11 is 1.71. The van der Waals surface area contributed by atoms with Gasteiger partial charge in [-0.05, 0) is 26.0 Å². The van der Waals surface area contributed by atoms with Gasteiger partial charge in [-0.1, -0.05) is 18.2 Å². The average Bonchev–Trinajstić information content (AvgIpc) is 2.25. The first-order chi connectivity index (χ1) is 7.97. The number of hydrogen-bond acceptors (Lipinski definition) is 3. The van der Waals surface area contributed by atoms with Crippen molar-refractivity contribution < 1.29 is 4.79 Å². The van der Waals surface area contributed by atoms with Crippen LogP contribution in [0.15, 0.2) is 30.3 Å². The van der Waals surface area contributed by atoms with Gasteiger partial charge >= 0.3 is 0 Å². The van der Waals surface area contributed by atoms with E-state index >= 15 is 0 Å². The van der Waals surface area contributed by atoms with Crippen LogP contribution in [0, 0.1) is 0 Å². The Kier molecular flexibility index (Phi) is 5.51. The lowest BCUT2D eigenvalue weighted by molar-refractivity contribution is -0.115. The van der Waals surface area contributed by atoms with Crippen molar-refractivity contribution in [3.63, 3.8) is 0 Å². The fourth-order valence-corrected chi connectivity index (χ4v) is 2.25. The number of hydrogen-bond donors (Lipinski definition) is 2. The standard InChI is InChI=1S/C13H20N2OS/c1-13(2,14)10-17-9-8-12(16)15-11-6-4-3-5-7-11/h3-7H,8-10,14H2,1-2H3,(H,15,16). The highest BCUT2D eigenvalue weighted by molar-refractivity contribution is 7.99. The summed E-state index contributed by atoms with van der Waals surface area (Å²) in [5.74, 6) is 1.73. The maximum absolute atomic E-state index is 11.6. The van der Waals surface area contributed by atoms with Gasteiger partial charge in [0.05, 0.1) is 0 Å². The fourth-order valence-electron chi connectivity index (χ4n) is 1.25. The molecule has 0 bridgehead atoms. The normalized spacial score (nSPS) is 11.2. The molecule has 94 valence electrons. The molecule has 17 heavy (non-hydrogen) atoms. The topological polar surface area (TPSA) is 55.1 Å². The minimum absolute atomic E-state index is 0.0542. The average molecular weight is 252 g/mol. The zero-order valence-electron chi connectivity index (χ0n) is 10.4. The molecule has 3 nitrogen and oxygen atoms in total. The van der Waals surface area contributed by atoms with Crippen molar-refractivity contribution >= 4 is 23.4 Å². The van der Waals surface area contributed by atoms with Crippen LogP contribution in [0.5, 0.6) is 0 Å². The third kappa shape index (κ3) is 7.02. The third-order valence-corrected chi connectivity index (χ3v) is 3.45. The summed E-state index contributed by atoms with van der Waals surface area (Å²) in [6.07, 6.45) is 0.523. The Labute approximate surface area is 107 Å². The first-order valence-corrected chi connectivity index (χ1v) is 6.84. The molecule has 0 aliphatic carbocycles. The minimum Gasteiger partial charge on any atom is -0.326 e. The molecule has 0 spiro atoms. The summed E-state index contributed by atoms with van der Waals surface area (Å²) in [4.78, 5) is 11.6. The summed E-state index contributed by atoms with van der Waals surface area (Å²) < 4.78 is 0. The van der Waals surface area contributed by atoms with Crippen LogP contribution in [0.4, 0.5) is 5.69 Å². The van der Waals surface area contributed by atoms with Gasteiger partial charge in [0.25, 0.3) is 0 Å². The summed E-state index contributed by atoms with van der Waals surface area (Å²) in [5, 5.41) is 2.86. The van der Waals surface area contributed by atoms with E-state index in [0.717, 1.165) is 17.2 Å². The Morgan fingerprint density at radius 1 is 1.35 bits per heavy atom. The Bertz CT molecular complexity index is 346. The lowest BCUT2D eigenvalue weighted by atomic mass is 10.1. The Hall–Kier alpha value is -1.00. The number of para-hydroxylation sites is 1. The van der Waals surface area contributed by atoms with Gasteiger partial charge in [-0.3, -0.25) is 4.79 Å². The van der Waals surface area contributed by atoms with Gasteiger partial charge in [-0.2, -0.15) is 11.8 Å². The molecule has 0 atom stereocenters. The summed E-state index contributed by atoms with van der Waals surface area (Å²) in [6, 6.07) is 9.50. The molecule has 3 N–H and O–H groups in total. The molecule has 1 rings (SSSR count). The summed E-state index contributed by atoms with van der Waals surface area (Å²) in [7, 11) is 0. The molecule has 0 aromatic heterocycles. The first kappa shape index (κ1) is 14.1. The van der Waals surface area contributed by atoms with E-state index in [4.69, 9.17) is 5.73 Å². The first-order valence-electron chi connectivity index (χ1n) is 5.69. The Morgan fingerprint density at radius 2 is 2.00 bits per heavy atom. The lowest BCUT2D eigenvalue weighted by Crippen LogP contribution is -2.34. The van der Waals surface area contributed by atoms with Crippen molar-refractivity contribution in [2.75, 3.05) is 16.8 Å². The Morgan fingerprint density at radius 3 is 2.59 bits per heavy atom. The summed E-state index contributed by atoms with van der Waals surface area (Å²) in [6.45, 7) is 3.98. The van der Waals surface area contributed by atoms with E-state index < -0.39 is 0 Å². The van der Waals surface area contributed by atoms with Crippen LogP contribution in [-0.4, -0.2) is 23.0 Å². The van der Waals surface area contributed by atoms with Crippen molar-refractivity contribution in [3.8, 4) is 0 Å². The lowest BCUT2D eigenvalue weighted by Gasteiger charge is -2.17. The van der Waals surface area contributed by atoms with E-state index in [9.17, 15) is 4.79 Å². The zero-order chi connectivity index (χ0) is 12.7. The van der Waals surface area contributed by atoms with E-state index in [0.29, 0.717) is 6.42 Å². The van der Waals surface area contributed by atoms with E-state index in [2.05, 4.69) is 5.32 Å². The molecule has 0 aliphatic rings. The van der Waals surface area contributed by atoms with Gasteiger partial charge in [0.15, 0.2) is 0 Å². The van der Waals surface area contributed by atoms with Gasteiger partial charge in [-0.25, -0.2) is 0 Å². The number of carbonyl (C=O) groups is 1. The predicted octanol–water partition coefficient (Wildman–Crippen LogP) is 2.49. The predicted molar refractivity (Wildman–Crippen MR) is 75.3 cm³/mol. The highest BCUT2D eigenvalue weighted by Gasteiger charge is 2.10. The van der Waals surface area contributed by atoms with E-state index in [1.165, 1.54) is 0 Å². The number of nitrogens with two attached hydrogens (primary N) is 1. The zero-order valence-corrected chi connectivity index (χ0v) is 11.2. The molecule has 0 unspecified atom stereocenters. The summed E-state index contributed by atoms with van der Waals surface area (Å²) in [5.41, 5.74) is 6.54. The van der Waals surface area contributed by atoms with Crippen LogP contribution < -0.4 is 11.1 Å². The smallest absolute Gasteiger partial charge is 0.225 e. The van der Waals surface area contributed by atoms with Gasteiger partial charge < -0.3 is 11.1 Å². The molecule has 0 heterocycles. The molecular formula is C13H20N2OS. The number of benzene rings is 1. The minimum atomic E-state index is -0.166. The van der Waals surface area contributed by atoms with Gasteiger partial charge in [0.1, 0.15) is 0 Å². The number of carbonyl (C=O) groups excluding carboxylic acids is 1. The van der Waals surface area contributed by atoms with E-state index in [1.807, 2.05) is 44.2 Å². The molecule has 0 saturated heterocycles. The van der Waals surface area contributed by atoms with Crippen LogP contribution in [0.1, 0.15) is 20.3 Å². The molecule has 0 aliphatic heterocycles. The van der Waals surface area contributed by atoms with Crippen molar-refractivity contribution in [2.24, 2.45) is 5.73 Å². The van der Waals surface area contributed by atoms with Crippen molar-refractivity contribution in [3.05, 3.63) is 30.3 Å². The molecule has 1 aromatic rings. The second-order valence-corrected chi connectivity index (χ2v) is 5.81. The maximum Gasteiger partial charge on any atom is 0.225 e. The number of amides is 1. The second kappa shape index (κ2) is 6.67. The number of anilines is 1. The highest BCUT2D eigenvalue weighted by atomic mass is 32.2. The molecule has 4 heteroatoms. The number of nitrogens with one attached hydrogen (secondary N) is 1. The van der Waals surface area contributed by atoms with Crippen LogP contribution in [0.25, 0.3) is 0 Å². The number of thioether (sulfide) groups is 1. The number of rotatable bonds is 6. The van der Waals surface area contributed by atoms with Crippen LogP contribution in [0.2, 0.25) is 0 Å². The largest absolute Gasteiger partial charge is 0.326 e. The van der Waals surface area contributed by atoms with E-state index in [1.54, 1.807) is 11.8 Å². The molecule has 1 amide bonds. The van der Waals surface area contributed by atoms with Crippen LogP contribution in [0.3, 0.4) is 0 Å². The monoisotopic (exact) mass is 252 g/mol. The van der Waals surface area contributed by atoms with Gasteiger partial charge in [0.2, 0.25) is 5.91 Å². The van der Waals surface area contributed by atoms with Crippen LogP contribution >= 0.6 is 11.8 Å². The maximum atomic E-state index is 11.6. The molecular weight excluding hydrogens is 232 g/mol. The van der Waals surface area contributed by atoms with Gasteiger partial charge in [0, 0.05) is 29.2 Å². The SMILES string of the molecule is CC(C)(N)CSCCC(=O)Nc1ccccc1. The van der Waals surface area contributed by atoms with Gasteiger partial charge in [-0.15, -0.1) is 0 Å². The molecule has 0 fully saturated rings. The van der Waals surface area contributed by atoms with E-state index in [-0.39, 0.29) is 11.4 Å². The fraction of sp³-hybridized carbons (Fsp3) is 0.462. The van der Waals surface area contributed by atoms with Crippen molar-refractivity contribution in [2.45, 2.75) is 25.8 Å². The van der Waals surface area contributed by atoms with Crippen LogP contribution in [-0.2, 0) is 4.79 Å². The Balaban J connectivity index is 2.18. The highest BCUT2D eigenvalue weighted by Crippen LogP contribution is 2.12. The molecule has 1 aromatic carbocycles. The van der Waals surface area contributed by atoms with Crippen molar-refractivity contribution in [1.82, 2.24) is 0 Å². The molecule has 0 radical (unpaired) electrons. The second-order valence-electron chi connectivity index (χ2n) is 4.71. The third-order valence-electron chi connectivity index (χ3n) is 2.01.